The van der Waals surface area contributed by atoms with Crippen LogP contribution in [-0.4, -0.2) is 18.5 Å². The molecule has 4 nitrogen and oxygen atoms in total. The third kappa shape index (κ3) is 4.47. The number of benzene rings is 2. The Morgan fingerprint density at radius 3 is 2.68 bits per heavy atom. The average molecular weight is 337 g/mol. The first-order valence-corrected chi connectivity index (χ1v) is 8.64. The Labute approximate surface area is 148 Å². The molecule has 0 aliphatic heterocycles. The van der Waals surface area contributed by atoms with Crippen LogP contribution in [0.25, 0.3) is 0 Å². The molecule has 0 atom stereocenters. The molecule has 0 spiro atoms. The number of fused-ring (bicyclic) bond motifs is 1. The van der Waals surface area contributed by atoms with Crippen molar-refractivity contribution in [3.63, 3.8) is 0 Å². The SMILES string of the molecule is Cc1ccc(C)c(NC(=O)COC(=O)Cc2ccc3c(c2)CCC3)c1. The van der Waals surface area contributed by atoms with Gasteiger partial charge >= 0.3 is 5.97 Å². The Bertz CT molecular complexity index is 811. The molecule has 0 bridgehead atoms. The maximum Gasteiger partial charge on any atom is 0.310 e. The van der Waals surface area contributed by atoms with Crippen LogP contribution in [0, 0.1) is 13.8 Å². The highest BCUT2D eigenvalue weighted by Gasteiger charge is 2.14. The fourth-order valence-electron chi connectivity index (χ4n) is 3.16. The molecule has 0 saturated heterocycles. The molecule has 0 fully saturated rings. The van der Waals surface area contributed by atoms with Crippen LogP contribution >= 0.6 is 0 Å². The molecule has 25 heavy (non-hydrogen) atoms. The van der Waals surface area contributed by atoms with Gasteiger partial charge < -0.3 is 10.1 Å². The molecular weight excluding hydrogens is 314 g/mol. The van der Waals surface area contributed by atoms with Gasteiger partial charge in [0.25, 0.3) is 5.91 Å². The molecule has 0 unspecified atom stereocenters. The number of rotatable bonds is 5. The van der Waals surface area contributed by atoms with Crippen molar-refractivity contribution in [1.29, 1.82) is 0 Å². The van der Waals surface area contributed by atoms with Gasteiger partial charge in [0, 0.05) is 5.69 Å². The van der Waals surface area contributed by atoms with Crippen molar-refractivity contribution in [1.82, 2.24) is 0 Å². The van der Waals surface area contributed by atoms with Crippen LogP contribution in [-0.2, 0) is 33.6 Å². The summed E-state index contributed by atoms with van der Waals surface area (Å²) in [6, 6.07) is 12.0. The predicted molar refractivity (Wildman–Crippen MR) is 97.7 cm³/mol. The molecule has 0 heterocycles. The summed E-state index contributed by atoms with van der Waals surface area (Å²) in [6.07, 6.45) is 3.58. The van der Waals surface area contributed by atoms with E-state index in [1.807, 2.05) is 38.1 Å². The monoisotopic (exact) mass is 337 g/mol. The number of esters is 1. The predicted octanol–water partition coefficient (Wildman–Crippen LogP) is 3.52. The molecule has 2 aromatic carbocycles. The average Bonchev–Trinajstić information content (AvgIpc) is 3.04. The van der Waals surface area contributed by atoms with Crippen molar-refractivity contribution in [2.45, 2.75) is 39.5 Å². The Kier molecular flexibility index (Phi) is 5.17. The molecule has 4 heteroatoms. The maximum absolute atomic E-state index is 12.0. The summed E-state index contributed by atoms with van der Waals surface area (Å²) in [5, 5.41) is 2.79. The van der Waals surface area contributed by atoms with E-state index in [0.29, 0.717) is 0 Å². The van der Waals surface area contributed by atoms with Crippen molar-refractivity contribution in [3.8, 4) is 0 Å². The molecule has 2 aromatic rings. The molecule has 0 aromatic heterocycles. The summed E-state index contributed by atoms with van der Waals surface area (Å²) in [5.41, 5.74) is 6.45. The summed E-state index contributed by atoms with van der Waals surface area (Å²) in [5.74, 6) is -0.704. The topological polar surface area (TPSA) is 55.4 Å². The molecule has 1 amide bonds. The standard InChI is InChI=1S/C21H23NO3/c1-14-6-7-15(2)19(10-14)22-20(23)13-25-21(24)12-16-8-9-17-4-3-5-18(17)11-16/h6-11H,3-5,12-13H2,1-2H3,(H,22,23). The van der Waals surface area contributed by atoms with E-state index in [1.165, 1.54) is 17.5 Å². The molecule has 1 N–H and O–H groups in total. The van der Waals surface area contributed by atoms with E-state index in [-0.39, 0.29) is 24.9 Å². The Hall–Kier alpha value is -2.62. The Morgan fingerprint density at radius 2 is 1.84 bits per heavy atom. The third-order valence-corrected chi connectivity index (χ3v) is 4.54. The molecule has 1 aliphatic rings. The van der Waals surface area contributed by atoms with Gasteiger partial charge in [0.05, 0.1) is 6.42 Å². The number of hydrogen-bond donors (Lipinski definition) is 1. The van der Waals surface area contributed by atoms with E-state index in [2.05, 4.69) is 17.4 Å². The lowest BCUT2D eigenvalue weighted by atomic mass is 10.0. The summed E-state index contributed by atoms with van der Waals surface area (Å²) in [6.45, 7) is 3.62. The number of anilines is 1. The minimum atomic E-state index is -0.380. The minimum absolute atomic E-state index is 0.198. The number of amides is 1. The maximum atomic E-state index is 12.0. The molecule has 1 aliphatic carbocycles. The molecule has 0 radical (unpaired) electrons. The lowest BCUT2D eigenvalue weighted by molar-refractivity contribution is -0.146. The highest BCUT2D eigenvalue weighted by Crippen LogP contribution is 2.23. The van der Waals surface area contributed by atoms with Crippen molar-refractivity contribution < 1.29 is 14.3 Å². The van der Waals surface area contributed by atoms with Gasteiger partial charge in [0.1, 0.15) is 0 Å². The van der Waals surface area contributed by atoms with Crippen molar-refractivity contribution in [2.75, 3.05) is 11.9 Å². The highest BCUT2D eigenvalue weighted by atomic mass is 16.5. The van der Waals surface area contributed by atoms with E-state index >= 15 is 0 Å². The van der Waals surface area contributed by atoms with Gasteiger partial charge in [-0.1, -0.05) is 30.3 Å². The van der Waals surface area contributed by atoms with E-state index < -0.39 is 0 Å². The zero-order valence-corrected chi connectivity index (χ0v) is 14.7. The van der Waals surface area contributed by atoms with Gasteiger partial charge in [-0.3, -0.25) is 9.59 Å². The first-order chi connectivity index (χ1) is 12.0. The van der Waals surface area contributed by atoms with Crippen LogP contribution in [0.15, 0.2) is 36.4 Å². The van der Waals surface area contributed by atoms with Crippen LogP contribution in [0.2, 0.25) is 0 Å². The van der Waals surface area contributed by atoms with Crippen molar-refractivity contribution in [3.05, 3.63) is 64.2 Å². The van der Waals surface area contributed by atoms with Crippen LogP contribution in [0.5, 0.6) is 0 Å². The zero-order valence-electron chi connectivity index (χ0n) is 14.7. The van der Waals surface area contributed by atoms with Gasteiger partial charge in [-0.25, -0.2) is 0 Å². The summed E-state index contributed by atoms with van der Waals surface area (Å²) >= 11 is 0. The Morgan fingerprint density at radius 1 is 1.04 bits per heavy atom. The molecule has 0 saturated carbocycles. The number of aryl methyl sites for hydroxylation is 4. The van der Waals surface area contributed by atoms with E-state index in [1.54, 1.807) is 0 Å². The van der Waals surface area contributed by atoms with Gasteiger partial charge in [0.15, 0.2) is 6.61 Å². The van der Waals surface area contributed by atoms with Gasteiger partial charge in [0.2, 0.25) is 0 Å². The first kappa shape index (κ1) is 17.2. The second-order valence-corrected chi connectivity index (χ2v) is 6.66. The smallest absolute Gasteiger partial charge is 0.310 e. The second kappa shape index (κ2) is 7.51. The van der Waals surface area contributed by atoms with E-state index in [4.69, 9.17) is 4.74 Å². The van der Waals surface area contributed by atoms with Gasteiger partial charge in [-0.15, -0.1) is 0 Å². The Balaban J connectivity index is 1.50. The minimum Gasteiger partial charge on any atom is -0.455 e. The quantitative estimate of drug-likeness (QED) is 0.850. The number of carbonyl (C=O) groups is 2. The van der Waals surface area contributed by atoms with E-state index in [9.17, 15) is 9.59 Å². The highest BCUT2D eigenvalue weighted by molar-refractivity contribution is 5.93. The fourth-order valence-corrected chi connectivity index (χ4v) is 3.16. The largest absolute Gasteiger partial charge is 0.455 e. The van der Waals surface area contributed by atoms with Gasteiger partial charge in [-0.05, 0) is 67.0 Å². The third-order valence-electron chi connectivity index (χ3n) is 4.54. The van der Waals surface area contributed by atoms with E-state index in [0.717, 1.165) is 35.2 Å². The molecule has 130 valence electrons. The molecular formula is C21H23NO3. The fraction of sp³-hybridized carbons (Fsp3) is 0.333. The van der Waals surface area contributed by atoms with Crippen molar-refractivity contribution in [2.24, 2.45) is 0 Å². The molecule has 3 rings (SSSR count). The lowest BCUT2D eigenvalue weighted by Crippen LogP contribution is -2.22. The normalized spacial score (nSPS) is 12.6. The number of carbonyl (C=O) groups excluding carboxylic acids is 2. The lowest BCUT2D eigenvalue weighted by Gasteiger charge is -2.10. The second-order valence-electron chi connectivity index (χ2n) is 6.66. The summed E-state index contributed by atoms with van der Waals surface area (Å²) < 4.78 is 5.12. The first-order valence-electron chi connectivity index (χ1n) is 8.64. The van der Waals surface area contributed by atoms with Crippen molar-refractivity contribution >= 4 is 17.6 Å². The van der Waals surface area contributed by atoms with Crippen LogP contribution < -0.4 is 5.32 Å². The zero-order chi connectivity index (χ0) is 17.8. The van der Waals surface area contributed by atoms with Crippen LogP contribution in [0.1, 0.15) is 34.2 Å². The van der Waals surface area contributed by atoms with Gasteiger partial charge in [-0.2, -0.15) is 0 Å². The number of ether oxygens (including phenoxy) is 1. The summed E-state index contributed by atoms with van der Waals surface area (Å²) in [4.78, 5) is 24.0. The number of nitrogens with one attached hydrogen (secondary N) is 1. The number of hydrogen-bond acceptors (Lipinski definition) is 3. The van der Waals surface area contributed by atoms with Crippen LogP contribution in [0.4, 0.5) is 5.69 Å². The van der Waals surface area contributed by atoms with Crippen LogP contribution in [0.3, 0.4) is 0 Å². The summed E-state index contributed by atoms with van der Waals surface area (Å²) in [7, 11) is 0.